The summed E-state index contributed by atoms with van der Waals surface area (Å²) in [5, 5.41) is 0. The Balaban J connectivity index is 2.17. The van der Waals surface area contributed by atoms with E-state index in [0.29, 0.717) is 13.2 Å². The van der Waals surface area contributed by atoms with Gasteiger partial charge < -0.3 is 15.0 Å². The summed E-state index contributed by atoms with van der Waals surface area (Å²) in [6, 6.07) is 10.7. The van der Waals surface area contributed by atoms with E-state index < -0.39 is 0 Å². The van der Waals surface area contributed by atoms with E-state index in [1.165, 1.54) is 12.1 Å². The molecule has 0 amide bonds. The molecule has 0 fully saturated rings. The zero-order valence-corrected chi connectivity index (χ0v) is 11.0. The highest BCUT2D eigenvalue weighted by molar-refractivity contribution is 5.35. The van der Waals surface area contributed by atoms with Gasteiger partial charge in [0.2, 0.25) is 0 Å². The number of benzene rings is 1. The van der Waals surface area contributed by atoms with E-state index in [2.05, 4.69) is 0 Å². The Labute approximate surface area is 112 Å². The summed E-state index contributed by atoms with van der Waals surface area (Å²) in [6.07, 6.45) is 3.48. The molecule has 0 aliphatic heterocycles. The number of rotatable bonds is 5. The monoisotopic (exact) mass is 258 g/mol. The van der Waals surface area contributed by atoms with E-state index >= 15 is 0 Å². The first-order valence-corrected chi connectivity index (χ1v) is 6.34. The lowest BCUT2D eigenvalue weighted by Crippen LogP contribution is -2.19. The number of nitrogens with two attached hydrogens (primary N) is 1. The van der Waals surface area contributed by atoms with Crippen LogP contribution in [0.25, 0.3) is 0 Å². The highest BCUT2D eigenvalue weighted by atomic mass is 16.5. The normalized spacial score (nSPS) is 12.1. The van der Waals surface area contributed by atoms with Crippen molar-refractivity contribution < 1.29 is 4.74 Å². The van der Waals surface area contributed by atoms with E-state index in [9.17, 15) is 4.79 Å². The molecule has 0 saturated heterocycles. The van der Waals surface area contributed by atoms with Crippen LogP contribution in [0.3, 0.4) is 0 Å². The van der Waals surface area contributed by atoms with Gasteiger partial charge in [-0.1, -0.05) is 18.2 Å². The van der Waals surface area contributed by atoms with Crippen molar-refractivity contribution in [2.45, 2.75) is 19.5 Å². The molecule has 1 aromatic carbocycles. The predicted molar refractivity (Wildman–Crippen MR) is 75.2 cm³/mol. The Morgan fingerprint density at radius 1 is 1.21 bits per heavy atom. The third-order valence-corrected chi connectivity index (χ3v) is 2.89. The molecule has 0 bridgehead atoms. The number of pyridine rings is 1. The van der Waals surface area contributed by atoms with Crippen LogP contribution >= 0.6 is 0 Å². The van der Waals surface area contributed by atoms with Crippen LogP contribution in [0.5, 0.6) is 5.75 Å². The molecule has 1 aromatic heterocycles. The van der Waals surface area contributed by atoms with Gasteiger partial charge in [-0.05, 0) is 13.0 Å². The molecule has 19 heavy (non-hydrogen) atoms. The first-order chi connectivity index (χ1) is 9.20. The third kappa shape index (κ3) is 3.45. The topological polar surface area (TPSA) is 57.2 Å². The summed E-state index contributed by atoms with van der Waals surface area (Å²) in [6.45, 7) is 3.16. The van der Waals surface area contributed by atoms with Gasteiger partial charge in [-0.3, -0.25) is 4.79 Å². The smallest absolute Gasteiger partial charge is 0.181 e. The Hall–Kier alpha value is -2.07. The lowest BCUT2D eigenvalue weighted by Gasteiger charge is -2.17. The highest BCUT2D eigenvalue weighted by Gasteiger charge is 2.11. The predicted octanol–water partition coefficient (Wildman–Crippen LogP) is 1.95. The average Bonchev–Trinajstić information content (AvgIpc) is 2.42. The molecule has 0 spiro atoms. The molecule has 2 rings (SSSR count). The molecule has 2 aromatic rings. The largest absolute Gasteiger partial charge is 0.494 e. The van der Waals surface area contributed by atoms with Gasteiger partial charge in [-0.25, -0.2) is 0 Å². The number of hydrogen-bond donors (Lipinski definition) is 1. The minimum Gasteiger partial charge on any atom is -0.494 e. The molecule has 2 N–H and O–H groups in total. The zero-order valence-electron chi connectivity index (χ0n) is 11.0. The van der Waals surface area contributed by atoms with Crippen LogP contribution in [0, 0.1) is 0 Å². The second-order valence-electron chi connectivity index (χ2n) is 4.31. The number of hydrogen-bond acceptors (Lipinski definition) is 3. The summed E-state index contributed by atoms with van der Waals surface area (Å²) in [5.41, 5.74) is 7.19. The van der Waals surface area contributed by atoms with Gasteiger partial charge in [-0.2, -0.15) is 0 Å². The van der Waals surface area contributed by atoms with Gasteiger partial charge in [0.05, 0.1) is 12.6 Å². The maximum Gasteiger partial charge on any atom is 0.181 e. The second kappa shape index (κ2) is 6.20. The summed E-state index contributed by atoms with van der Waals surface area (Å²) in [4.78, 5) is 11.1. The van der Waals surface area contributed by atoms with Crippen LogP contribution in [0.15, 0.2) is 53.6 Å². The van der Waals surface area contributed by atoms with E-state index in [4.69, 9.17) is 10.5 Å². The lowest BCUT2D eigenvalue weighted by molar-refractivity contribution is 0.332. The second-order valence-corrected chi connectivity index (χ2v) is 4.31. The average molecular weight is 258 g/mol. The molecule has 0 aliphatic rings. The zero-order chi connectivity index (χ0) is 13.7. The summed E-state index contributed by atoms with van der Waals surface area (Å²) in [7, 11) is 0. The number of para-hydroxylation sites is 1. The Morgan fingerprint density at radius 3 is 2.58 bits per heavy atom. The number of aromatic nitrogens is 1. The van der Waals surface area contributed by atoms with Gasteiger partial charge in [0.1, 0.15) is 5.75 Å². The summed E-state index contributed by atoms with van der Waals surface area (Å²) in [5.74, 6) is 0.818. The quantitative estimate of drug-likeness (QED) is 0.891. The number of nitrogens with zero attached hydrogens (tertiary/aromatic N) is 1. The maximum absolute atomic E-state index is 11.1. The van der Waals surface area contributed by atoms with Crippen molar-refractivity contribution in [1.29, 1.82) is 0 Å². The van der Waals surface area contributed by atoms with E-state index in [1.807, 2.05) is 35.8 Å². The van der Waals surface area contributed by atoms with Crippen LogP contribution < -0.4 is 15.9 Å². The molecule has 100 valence electrons. The van der Waals surface area contributed by atoms with Crippen molar-refractivity contribution >= 4 is 0 Å². The minimum atomic E-state index is -0.176. The Bertz CT molecular complexity index is 572. The molecular weight excluding hydrogens is 240 g/mol. The van der Waals surface area contributed by atoms with E-state index in [0.717, 1.165) is 11.3 Å². The molecule has 1 atom stereocenters. The van der Waals surface area contributed by atoms with Gasteiger partial charge in [0.25, 0.3) is 0 Å². The first-order valence-electron chi connectivity index (χ1n) is 6.34. The van der Waals surface area contributed by atoms with Gasteiger partial charge in [0, 0.05) is 36.6 Å². The molecule has 4 heteroatoms. The van der Waals surface area contributed by atoms with Crippen molar-refractivity contribution in [1.82, 2.24) is 4.57 Å². The lowest BCUT2D eigenvalue weighted by atomic mass is 10.1. The fraction of sp³-hybridized carbons (Fsp3) is 0.267. The first kappa shape index (κ1) is 13.4. The highest BCUT2D eigenvalue weighted by Crippen LogP contribution is 2.24. The van der Waals surface area contributed by atoms with Crippen LogP contribution in [-0.2, 0) is 6.54 Å². The molecule has 0 radical (unpaired) electrons. The van der Waals surface area contributed by atoms with Crippen LogP contribution in [-0.4, -0.2) is 11.2 Å². The van der Waals surface area contributed by atoms with Crippen LogP contribution in [0.4, 0.5) is 0 Å². The van der Waals surface area contributed by atoms with Crippen molar-refractivity contribution in [2.75, 3.05) is 6.61 Å². The van der Waals surface area contributed by atoms with E-state index in [1.54, 1.807) is 12.4 Å². The standard InChI is InChI=1S/C15H18N2O2/c1-2-19-15-6-4-3-5-13(15)14(16)11-17-9-7-12(18)8-10-17/h3-10,14H,2,11,16H2,1H3. The van der Waals surface area contributed by atoms with Crippen LogP contribution in [0.2, 0.25) is 0 Å². The number of ether oxygens (including phenoxy) is 1. The molecular formula is C15H18N2O2. The van der Waals surface area contributed by atoms with Gasteiger partial charge in [-0.15, -0.1) is 0 Å². The van der Waals surface area contributed by atoms with Crippen LogP contribution in [0.1, 0.15) is 18.5 Å². The van der Waals surface area contributed by atoms with Crippen molar-refractivity contribution in [3.05, 3.63) is 64.6 Å². The molecule has 0 aliphatic carbocycles. The van der Waals surface area contributed by atoms with Crippen molar-refractivity contribution in [2.24, 2.45) is 5.73 Å². The Kier molecular flexibility index (Phi) is 4.36. The van der Waals surface area contributed by atoms with Crippen molar-refractivity contribution in [3.8, 4) is 5.75 Å². The van der Waals surface area contributed by atoms with Gasteiger partial charge >= 0.3 is 0 Å². The molecule has 1 heterocycles. The summed E-state index contributed by atoms with van der Waals surface area (Å²) < 4.78 is 7.47. The Morgan fingerprint density at radius 2 is 1.89 bits per heavy atom. The van der Waals surface area contributed by atoms with Crippen molar-refractivity contribution in [3.63, 3.8) is 0 Å². The minimum absolute atomic E-state index is 0.000428. The molecule has 1 unspecified atom stereocenters. The fourth-order valence-corrected chi connectivity index (χ4v) is 1.96. The molecule has 4 nitrogen and oxygen atoms in total. The summed E-state index contributed by atoms with van der Waals surface area (Å²) >= 11 is 0. The van der Waals surface area contributed by atoms with Gasteiger partial charge in [0.15, 0.2) is 5.43 Å². The molecule has 0 saturated carbocycles. The van der Waals surface area contributed by atoms with E-state index in [-0.39, 0.29) is 11.5 Å². The third-order valence-electron chi connectivity index (χ3n) is 2.89. The SMILES string of the molecule is CCOc1ccccc1C(N)Cn1ccc(=O)cc1. The fourth-order valence-electron chi connectivity index (χ4n) is 1.96. The maximum atomic E-state index is 11.1.